The molecule has 16 heavy (non-hydrogen) atoms. The van der Waals surface area contributed by atoms with Gasteiger partial charge in [-0.15, -0.1) is 0 Å². The quantitative estimate of drug-likeness (QED) is 0.735. The summed E-state index contributed by atoms with van der Waals surface area (Å²) in [5.74, 6) is 0.558. The van der Waals surface area contributed by atoms with E-state index in [9.17, 15) is 0 Å². The highest BCUT2D eigenvalue weighted by Gasteiger charge is 2.20. The summed E-state index contributed by atoms with van der Waals surface area (Å²) in [6.07, 6.45) is 0.877. The van der Waals surface area contributed by atoms with Crippen LogP contribution in [0.25, 0.3) is 0 Å². The summed E-state index contributed by atoms with van der Waals surface area (Å²) >= 11 is 0. The molecule has 2 rings (SSSR count). The Morgan fingerprint density at radius 1 is 1.25 bits per heavy atom. The minimum absolute atomic E-state index is 0.0811. The van der Waals surface area contributed by atoms with Crippen LogP contribution in [0.3, 0.4) is 0 Å². The normalized spacial score (nSPS) is 22.4. The molecule has 0 aliphatic carbocycles. The fraction of sp³-hybridized carbons (Fsp3) is 0.600. The Balaban J connectivity index is 2.37. The SMILES string of the molecule is [3H]C1Cc2c(cccc2C(C)C)CN1C(C)C. The van der Waals surface area contributed by atoms with Gasteiger partial charge in [-0.3, -0.25) is 4.90 Å². The monoisotopic (exact) mass is 219 g/mol. The predicted molar refractivity (Wildman–Crippen MR) is 69.8 cm³/mol. The summed E-state index contributed by atoms with van der Waals surface area (Å²) in [7, 11) is 0. The van der Waals surface area contributed by atoms with Crippen molar-refractivity contribution in [3.05, 3.63) is 34.9 Å². The van der Waals surface area contributed by atoms with Gasteiger partial charge in [-0.1, -0.05) is 32.0 Å². The largest absolute Gasteiger partial charge is 0.296 e. The first kappa shape index (κ1) is 10.3. The van der Waals surface area contributed by atoms with Gasteiger partial charge < -0.3 is 0 Å². The topological polar surface area (TPSA) is 3.24 Å². The molecule has 0 radical (unpaired) electrons. The van der Waals surface area contributed by atoms with Crippen molar-refractivity contribution >= 4 is 0 Å². The van der Waals surface area contributed by atoms with Crippen LogP contribution in [0.2, 0.25) is 0 Å². The highest BCUT2D eigenvalue weighted by Crippen LogP contribution is 2.28. The smallest absolute Gasteiger partial charge is 0.0434 e. The maximum atomic E-state index is 8.25. The molecule has 0 amide bonds. The van der Waals surface area contributed by atoms with Crippen LogP contribution in [0, 0.1) is 0 Å². The van der Waals surface area contributed by atoms with Gasteiger partial charge in [0.1, 0.15) is 0 Å². The Labute approximate surface area is 101 Å². The van der Waals surface area contributed by atoms with E-state index in [0.717, 1.165) is 13.0 Å². The van der Waals surface area contributed by atoms with Crippen LogP contribution in [0.4, 0.5) is 0 Å². The van der Waals surface area contributed by atoms with E-state index in [1.807, 2.05) is 0 Å². The number of nitrogens with zero attached hydrogens (tertiary/aromatic N) is 1. The molecule has 88 valence electrons. The van der Waals surface area contributed by atoms with Crippen molar-refractivity contribution in [2.75, 3.05) is 6.52 Å². The summed E-state index contributed by atoms with van der Waals surface area (Å²) < 4.78 is 8.25. The average molecular weight is 219 g/mol. The molecule has 0 bridgehead atoms. The van der Waals surface area contributed by atoms with E-state index in [-0.39, 0.29) is 6.52 Å². The number of fused-ring (bicyclic) bond motifs is 1. The van der Waals surface area contributed by atoms with E-state index in [2.05, 4.69) is 50.8 Å². The predicted octanol–water partition coefficient (Wildman–Crippen LogP) is 3.58. The Hall–Kier alpha value is -0.820. The van der Waals surface area contributed by atoms with Crippen LogP contribution >= 0.6 is 0 Å². The minimum Gasteiger partial charge on any atom is -0.296 e. The average Bonchev–Trinajstić information content (AvgIpc) is 2.26. The van der Waals surface area contributed by atoms with Crippen molar-refractivity contribution in [2.45, 2.75) is 52.6 Å². The highest BCUT2D eigenvalue weighted by molar-refractivity contribution is 5.38. The molecule has 1 nitrogen and oxygen atoms in total. The van der Waals surface area contributed by atoms with Gasteiger partial charge in [-0.25, -0.2) is 0 Å². The standard InChI is InChI=1S/C15H23N/c1-11(2)14-7-5-6-13-10-16(12(3)4)9-8-15(13)14/h5-7,11-12H,8-10H2,1-4H3/i9T. The Morgan fingerprint density at radius 3 is 2.62 bits per heavy atom. The van der Waals surface area contributed by atoms with Crippen molar-refractivity contribution in [3.63, 3.8) is 0 Å². The summed E-state index contributed by atoms with van der Waals surface area (Å²) in [5.41, 5.74) is 4.29. The van der Waals surface area contributed by atoms with Gasteiger partial charge in [0, 0.05) is 20.5 Å². The van der Waals surface area contributed by atoms with Crippen molar-refractivity contribution in [1.82, 2.24) is 4.90 Å². The van der Waals surface area contributed by atoms with Crippen molar-refractivity contribution < 1.29 is 1.37 Å². The Kier molecular flexibility index (Phi) is 2.96. The second-order valence-corrected chi connectivity index (χ2v) is 5.29. The van der Waals surface area contributed by atoms with Crippen LogP contribution < -0.4 is 0 Å². The van der Waals surface area contributed by atoms with Gasteiger partial charge in [-0.05, 0) is 42.9 Å². The van der Waals surface area contributed by atoms with Crippen molar-refractivity contribution in [2.24, 2.45) is 0 Å². The zero-order valence-corrected chi connectivity index (χ0v) is 10.8. The molecule has 0 fully saturated rings. The van der Waals surface area contributed by atoms with Gasteiger partial charge in [-0.2, -0.15) is 0 Å². The third kappa shape index (κ3) is 2.15. The second kappa shape index (κ2) is 4.58. The first-order valence-electron chi connectivity index (χ1n) is 6.87. The molecule has 1 heteroatoms. The maximum absolute atomic E-state index is 8.25. The van der Waals surface area contributed by atoms with Crippen molar-refractivity contribution in [1.29, 1.82) is 0 Å². The fourth-order valence-electron chi connectivity index (χ4n) is 2.46. The number of rotatable bonds is 2. The molecule has 0 aromatic heterocycles. The molecular weight excluding hydrogens is 194 g/mol. The van der Waals surface area contributed by atoms with E-state index in [1.165, 1.54) is 16.7 Å². The first-order chi connectivity index (χ1) is 8.00. The van der Waals surface area contributed by atoms with E-state index in [1.54, 1.807) is 0 Å². The molecule has 1 aliphatic rings. The molecule has 1 atom stereocenters. The van der Waals surface area contributed by atoms with Crippen LogP contribution in [0.15, 0.2) is 18.2 Å². The summed E-state index contributed by atoms with van der Waals surface area (Å²) in [6, 6.07) is 7.06. The Bertz CT molecular complexity index is 398. The third-order valence-electron chi connectivity index (χ3n) is 3.48. The number of hydrogen-bond donors (Lipinski definition) is 0. The van der Waals surface area contributed by atoms with Crippen LogP contribution in [0.5, 0.6) is 0 Å². The molecule has 1 aromatic rings. The molecule has 1 unspecified atom stereocenters. The lowest BCUT2D eigenvalue weighted by molar-refractivity contribution is 0.203. The van der Waals surface area contributed by atoms with Crippen LogP contribution in [0.1, 0.15) is 51.7 Å². The maximum Gasteiger partial charge on any atom is 0.0434 e. The van der Waals surface area contributed by atoms with Gasteiger partial charge >= 0.3 is 0 Å². The van der Waals surface area contributed by atoms with Crippen LogP contribution in [-0.4, -0.2) is 17.5 Å². The molecule has 1 aromatic carbocycles. The fourth-order valence-corrected chi connectivity index (χ4v) is 2.46. The molecule has 1 aliphatic heterocycles. The third-order valence-corrected chi connectivity index (χ3v) is 3.48. The van der Waals surface area contributed by atoms with Gasteiger partial charge in [0.15, 0.2) is 0 Å². The lowest BCUT2D eigenvalue weighted by Crippen LogP contribution is -2.36. The summed E-state index contributed by atoms with van der Waals surface area (Å²) in [4.78, 5) is 2.27. The lowest BCUT2D eigenvalue weighted by atomic mass is 9.89. The summed E-state index contributed by atoms with van der Waals surface area (Å²) in [6.45, 7) is 9.69. The van der Waals surface area contributed by atoms with E-state index in [0.29, 0.717) is 12.0 Å². The molecule has 0 saturated heterocycles. The number of benzene rings is 1. The van der Waals surface area contributed by atoms with E-state index in [4.69, 9.17) is 1.37 Å². The van der Waals surface area contributed by atoms with Gasteiger partial charge in [0.05, 0.1) is 0 Å². The van der Waals surface area contributed by atoms with Crippen LogP contribution in [-0.2, 0) is 13.0 Å². The van der Waals surface area contributed by atoms with E-state index >= 15 is 0 Å². The number of hydrogen-bond acceptors (Lipinski definition) is 1. The first-order valence-corrected chi connectivity index (χ1v) is 6.29. The highest BCUT2D eigenvalue weighted by atomic mass is 15.1. The molecule has 0 N–H and O–H groups in total. The Morgan fingerprint density at radius 2 is 2.00 bits per heavy atom. The second-order valence-electron chi connectivity index (χ2n) is 5.29. The molecule has 1 heterocycles. The van der Waals surface area contributed by atoms with Gasteiger partial charge in [0.25, 0.3) is 0 Å². The summed E-state index contributed by atoms with van der Waals surface area (Å²) in [5, 5.41) is 0. The zero-order chi connectivity index (χ0) is 12.6. The van der Waals surface area contributed by atoms with E-state index < -0.39 is 0 Å². The lowest BCUT2D eigenvalue weighted by Gasteiger charge is -2.33. The van der Waals surface area contributed by atoms with Crippen molar-refractivity contribution in [3.8, 4) is 0 Å². The molecular formula is C15H23N. The molecule has 0 spiro atoms. The zero-order valence-electron chi connectivity index (χ0n) is 11.8. The van der Waals surface area contributed by atoms with Gasteiger partial charge in [0.2, 0.25) is 0 Å². The molecule has 0 saturated carbocycles. The minimum atomic E-state index is -0.0811.